The van der Waals surface area contributed by atoms with Crippen LogP contribution in [0.1, 0.15) is 12.5 Å². The molecule has 0 saturated heterocycles. The molecule has 7 heteroatoms. The van der Waals surface area contributed by atoms with Crippen molar-refractivity contribution in [2.24, 2.45) is 0 Å². The number of rotatable bonds is 7. The van der Waals surface area contributed by atoms with Crippen LogP contribution in [-0.2, 0) is 16.1 Å². The number of likely N-dealkylation sites (N-methyl/N-ethyl adjacent to an activating group) is 1. The Labute approximate surface area is 156 Å². The molecule has 26 heavy (non-hydrogen) atoms. The third kappa shape index (κ3) is 4.95. The van der Waals surface area contributed by atoms with Crippen LogP contribution in [0.2, 0.25) is 5.02 Å². The smallest absolute Gasteiger partial charge is 0.261 e. The van der Waals surface area contributed by atoms with Gasteiger partial charge in [0.05, 0.1) is 5.02 Å². The van der Waals surface area contributed by atoms with Crippen molar-refractivity contribution in [3.05, 3.63) is 64.9 Å². The lowest BCUT2D eigenvalue weighted by molar-refractivity contribution is -0.142. The summed E-state index contributed by atoms with van der Waals surface area (Å²) in [5.41, 5.74) is 0.314. The summed E-state index contributed by atoms with van der Waals surface area (Å²) in [6.45, 7) is 1.21. The van der Waals surface area contributed by atoms with Crippen LogP contribution in [0.3, 0.4) is 0 Å². The van der Waals surface area contributed by atoms with Gasteiger partial charge in [0.15, 0.2) is 6.61 Å². The van der Waals surface area contributed by atoms with Gasteiger partial charge < -0.3 is 15.0 Å². The van der Waals surface area contributed by atoms with Crippen LogP contribution < -0.4 is 10.1 Å². The monoisotopic (exact) mass is 378 g/mol. The molecule has 138 valence electrons. The highest BCUT2D eigenvalue weighted by Gasteiger charge is 2.26. The molecule has 0 aliphatic rings. The number of hydrogen-bond donors (Lipinski definition) is 1. The standard InChI is InChI=1S/C19H20ClFN2O3/c1-13(19(25)22-2)23(11-14-7-3-5-9-16(14)21)18(24)12-26-17-10-6-4-8-15(17)20/h3-10,13H,11-12H2,1-2H3,(H,22,25)/t13-/m1/s1. The lowest BCUT2D eigenvalue weighted by Crippen LogP contribution is -2.48. The van der Waals surface area contributed by atoms with E-state index in [0.29, 0.717) is 16.3 Å². The van der Waals surface area contributed by atoms with Crippen LogP contribution in [0.25, 0.3) is 0 Å². The molecule has 1 atom stereocenters. The maximum absolute atomic E-state index is 14.0. The largest absolute Gasteiger partial charge is 0.482 e. The van der Waals surface area contributed by atoms with Gasteiger partial charge in [0.1, 0.15) is 17.6 Å². The number of hydrogen-bond acceptors (Lipinski definition) is 3. The zero-order valence-electron chi connectivity index (χ0n) is 14.5. The Morgan fingerprint density at radius 1 is 1.19 bits per heavy atom. The lowest BCUT2D eigenvalue weighted by atomic mass is 10.1. The Kier molecular flexibility index (Phi) is 6.97. The van der Waals surface area contributed by atoms with Crippen molar-refractivity contribution in [3.63, 3.8) is 0 Å². The van der Waals surface area contributed by atoms with Crippen molar-refractivity contribution in [2.45, 2.75) is 19.5 Å². The first-order valence-corrected chi connectivity index (χ1v) is 8.43. The summed E-state index contributed by atoms with van der Waals surface area (Å²) in [7, 11) is 1.48. The zero-order valence-corrected chi connectivity index (χ0v) is 15.3. The highest BCUT2D eigenvalue weighted by molar-refractivity contribution is 6.32. The summed E-state index contributed by atoms with van der Waals surface area (Å²) < 4.78 is 19.4. The summed E-state index contributed by atoms with van der Waals surface area (Å²) in [6, 6.07) is 12.1. The van der Waals surface area contributed by atoms with Gasteiger partial charge in [0, 0.05) is 19.2 Å². The molecule has 2 aromatic rings. The number of para-hydroxylation sites is 1. The number of carbonyl (C=O) groups is 2. The van der Waals surface area contributed by atoms with Gasteiger partial charge in [-0.2, -0.15) is 0 Å². The molecular formula is C19H20ClFN2O3. The number of benzene rings is 2. The Hall–Kier alpha value is -2.60. The molecule has 2 amide bonds. The van der Waals surface area contributed by atoms with Gasteiger partial charge in [-0.3, -0.25) is 9.59 Å². The van der Waals surface area contributed by atoms with E-state index >= 15 is 0 Å². The Balaban J connectivity index is 2.17. The molecule has 1 N–H and O–H groups in total. The van der Waals surface area contributed by atoms with E-state index in [1.54, 1.807) is 49.4 Å². The summed E-state index contributed by atoms with van der Waals surface area (Å²) in [5, 5.41) is 2.87. The predicted octanol–water partition coefficient (Wildman–Crippen LogP) is 3.02. The van der Waals surface area contributed by atoms with Crippen molar-refractivity contribution >= 4 is 23.4 Å². The van der Waals surface area contributed by atoms with E-state index in [9.17, 15) is 14.0 Å². The minimum Gasteiger partial charge on any atom is -0.482 e. The minimum atomic E-state index is -0.790. The topological polar surface area (TPSA) is 58.6 Å². The van der Waals surface area contributed by atoms with E-state index in [2.05, 4.69) is 5.32 Å². The van der Waals surface area contributed by atoms with Crippen LogP contribution >= 0.6 is 11.6 Å². The first kappa shape index (κ1) is 19.7. The average Bonchev–Trinajstić information content (AvgIpc) is 2.65. The van der Waals surface area contributed by atoms with E-state index in [1.165, 1.54) is 18.0 Å². The highest BCUT2D eigenvalue weighted by Crippen LogP contribution is 2.23. The summed E-state index contributed by atoms with van der Waals surface area (Å²) in [6.07, 6.45) is 0. The number of nitrogens with one attached hydrogen (secondary N) is 1. The van der Waals surface area contributed by atoms with Gasteiger partial charge in [-0.25, -0.2) is 4.39 Å². The van der Waals surface area contributed by atoms with Gasteiger partial charge in [0.2, 0.25) is 5.91 Å². The van der Waals surface area contributed by atoms with Crippen molar-refractivity contribution < 1.29 is 18.7 Å². The van der Waals surface area contributed by atoms with Crippen LogP contribution in [0.15, 0.2) is 48.5 Å². The van der Waals surface area contributed by atoms with Crippen LogP contribution in [0.5, 0.6) is 5.75 Å². The molecule has 0 heterocycles. The molecule has 0 aromatic heterocycles. The van der Waals surface area contributed by atoms with Crippen LogP contribution in [0.4, 0.5) is 4.39 Å². The SMILES string of the molecule is CNC(=O)[C@@H](C)N(Cc1ccccc1F)C(=O)COc1ccccc1Cl. The van der Waals surface area contributed by atoms with Crippen molar-refractivity contribution in [2.75, 3.05) is 13.7 Å². The first-order valence-electron chi connectivity index (χ1n) is 8.05. The van der Waals surface area contributed by atoms with Crippen LogP contribution in [-0.4, -0.2) is 36.4 Å². The minimum absolute atomic E-state index is 0.0496. The highest BCUT2D eigenvalue weighted by atomic mass is 35.5. The molecule has 0 unspecified atom stereocenters. The number of amides is 2. The summed E-state index contributed by atoms with van der Waals surface area (Å²) in [5.74, 6) is -0.890. The van der Waals surface area contributed by atoms with Crippen LogP contribution in [0, 0.1) is 5.82 Å². The number of ether oxygens (including phenoxy) is 1. The Bertz CT molecular complexity index is 785. The third-order valence-corrected chi connectivity index (χ3v) is 4.21. The second kappa shape index (κ2) is 9.20. The van der Waals surface area contributed by atoms with Crippen molar-refractivity contribution in [1.82, 2.24) is 10.2 Å². The van der Waals surface area contributed by atoms with Gasteiger partial charge in [-0.1, -0.05) is 41.9 Å². The third-order valence-electron chi connectivity index (χ3n) is 3.90. The fourth-order valence-electron chi connectivity index (χ4n) is 2.39. The molecule has 0 spiro atoms. The van der Waals surface area contributed by atoms with Gasteiger partial charge in [-0.15, -0.1) is 0 Å². The van der Waals surface area contributed by atoms with E-state index in [4.69, 9.17) is 16.3 Å². The van der Waals surface area contributed by atoms with Crippen molar-refractivity contribution in [1.29, 1.82) is 0 Å². The zero-order chi connectivity index (χ0) is 19.1. The van der Waals surface area contributed by atoms with Gasteiger partial charge >= 0.3 is 0 Å². The van der Waals surface area contributed by atoms with E-state index in [1.807, 2.05) is 0 Å². The maximum Gasteiger partial charge on any atom is 0.261 e. The fraction of sp³-hybridized carbons (Fsp3) is 0.263. The molecule has 2 rings (SSSR count). The molecule has 0 saturated carbocycles. The summed E-state index contributed by atoms with van der Waals surface area (Å²) in [4.78, 5) is 25.9. The summed E-state index contributed by atoms with van der Waals surface area (Å²) >= 11 is 6.01. The van der Waals surface area contributed by atoms with Gasteiger partial charge in [-0.05, 0) is 25.1 Å². The normalized spacial score (nSPS) is 11.5. The Morgan fingerprint density at radius 2 is 1.85 bits per heavy atom. The van der Waals surface area contributed by atoms with E-state index in [0.717, 1.165) is 0 Å². The lowest BCUT2D eigenvalue weighted by Gasteiger charge is -2.28. The van der Waals surface area contributed by atoms with Gasteiger partial charge in [0.25, 0.3) is 5.91 Å². The number of nitrogens with zero attached hydrogens (tertiary/aromatic N) is 1. The molecule has 2 aromatic carbocycles. The predicted molar refractivity (Wildman–Crippen MR) is 97.4 cm³/mol. The second-order valence-electron chi connectivity index (χ2n) is 5.62. The second-order valence-corrected chi connectivity index (χ2v) is 6.03. The number of halogens is 2. The molecule has 5 nitrogen and oxygen atoms in total. The molecule has 0 aliphatic heterocycles. The molecule has 0 aliphatic carbocycles. The molecule has 0 fully saturated rings. The molecule has 0 bridgehead atoms. The Morgan fingerprint density at radius 3 is 2.50 bits per heavy atom. The average molecular weight is 379 g/mol. The maximum atomic E-state index is 14.0. The van der Waals surface area contributed by atoms with Crippen molar-refractivity contribution in [3.8, 4) is 5.75 Å². The molecular weight excluding hydrogens is 359 g/mol. The van der Waals surface area contributed by atoms with E-state index in [-0.39, 0.29) is 19.1 Å². The fourth-order valence-corrected chi connectivity index (χ4v) is 2.58. The first-order chi connectivity index (χ1) is 12.4. The van der Waals surface area contributed by atoms with E-state index < -0.39 is 17.8 Å². The quantitative estimate of drug-likeness (QED) is 0.805. The number of carbonyl (C=O) groups excluding carboxylic acids is 2. The molecule has 0 radical (unpaired) electrons.